The summed E-state index contributed by atoms with van der Waals surface area (Å²) in [5, 5.41) is 13.9. The summed E-state index contributed by atoms with van der Waals surface area (Å²) in [6.07, 6.45) is -0.918. The van der Waals surface area contributed by atoms with E-state index in [0.29, 0.717) is 17.4 Å². The molecule has 3 aromatic carbocycles. The number of carbonyl (C=O) groups excluding carboxylic acids is 3. The van der Waals surface area contributed by atoms with Crippen LogP contribution in [0.1, 0.15) is 43.2 Å². The minimum atomic E-state index is -0.918. The molecular formula is C38H39N5O6S2. The van der Waals surface area contributed by atoms with Gasteiger partial charge in [0.1, 0.15) is 29.6 Å². The molecule has 2 atom stereocenters. The third kappa shape index (κ3) is 7.94. The van der Waals surface area contributed by atoms with Crippen LogP contribution < -0.4 is 10.6 Å². The third-order valence-corrected chi connectivity index (χ3v) is 10.1. The molecule has 2 amide bonds. The van der Waals surface area contributed by atoms with Crippen LogP contribution in [0.15, 0.2) is 113 Å². The van der Waals surface area contributed by atoms with Gasteiger partial charge in [-0.1, -0.05) is 96.2 Å². The molecule has 2 N–H and O–H groups in total. The second-order valence-corrected chi connectivity index (χ2v) is 14.8. The minimum absolute atomic E-state index is 0.00680. The van der Waals surface area contributed by atoms with Crippen molar-refractivity contribution in [1.29, 1.82) is 0 Å². The Morgan fingerprint density at radius 2 is 1.51 bits per heavy atom. The highest BCUT2D eigenvalue weighted by molar-refractivity contribution is 8.02. The number of alkyl carbamates (subject to hydrolysis) is 1. The van der Waals surface area contributed by atoms with Gasteiger partial charge in [0.05, 0.1) is 6.61 Å². The lowest BCUT2D eigenvalue weighted by molar-refractivity contribution is -0.154. The number of carbonyl (C=O) groups is 3. The van der Waals surface area contributed by atoms with Crippen LogP contribution in [0.25, 0.3) is 0 Å². The molecule has 51 heavy (non-hydrogen) atoms. The highest BCUT2D eigenvalue weighted by atomic mass is 32.2. The maximum Gasteiger partial charge on any atom is 0.414 e. The lowest BCUT2D eigenvalue weighted by Crippen LogP contribution is -2.60. The Bertz CT molecular complexity index is 1810. The van der Waals surface area contributed by atoms with E-state index in [1.165, 1.54) is 30.2 Å². The third-order valence-electron chi connectivity index (χ3n) is 8.46. The largest absolute Gasteiger partial charge is 0.455 e. The van der Waals surface area contributed by atoms with E-state index in [-0.39, 0.29) is 35.9 Å². The first-order chi connectivity index (χ1) is 24.6. The van der Waals surface area contributed by atoms with E-state index in [0.717, 1.165) is 22.4 Å². The number of fused-ring (bicyclic) bond motifs is 1. The predicted molar refractivity (Wildman–Crippen MR) is 198 cm³/mol. The summed E-state index contributed by atoms with van der Waals surface area (Å²) in [7, 11) is 1.31. The normalized spacial score (nSPS) is 17.3. The van der Waals surface area contributed by atoms with Gasteiger partial charge in [-0.25, -0.2) is 14.6 Å². The second-order valence-electron chi connectivity index (χ2n) is 13.0. The van der Waals surface area contributed by atoms with Gasteiger partial charge in [-0.05, 0) is 37.5 Å². The Hall–Kier alpha value is -5.14. The van der Waals surface area contributed by atoms with Gasteiger partial charge in [0, 0.05) is 35.0 Å². The van der Waals surface area contributed by atoms with Crippen LogP contribution in [0.2, 0.25) is 0 Å². The molecule has 1 saturated heterocycles. The summed E-state index contributed by atoms with van der Waals surface area (Å²) < 4.78 is 11.0. The smallest absolute Gasteiger partial charge is 0.414 e. The predicted octanol–water partition coefficient (Wildman–Crippen LogP) is 6.38. The van der Waals surface area contributed by atoms with Crippen LogP contribution in [0.4, 0.5) is 9.93 Å². The van der Waals surface area contributed by atoms with Gasteiger partial charge in [-0.3, -0.25) is 10.1 Å². The van der Waals surface area contributed by atoms with Gasteiger partial charge in [0.15, 0.2) is 10.8 Å². The fourth-order valence-electron chi connectivity index (χ4n) is 6.13. The first-order valence-corrected chi connectivity index (χ1v) is 18.3. The number of benzene rings is 3. The molecule has 2 aliphatic rings. The average molecular weight is 726 g/mol. The number of oxime groups is 1. The van der Waals surface area contributed by atoms with Crippen molar-refractivity contribution in [2.24, 2.45) is 11.1 Å². The fourth-order valence-corrected chi connectivity index (χ4v) is 8.02. The number of nitrogens with zero attached hydrogens (tertiary/aromatic N) is 3. The van der Waals surface area contributed by atoms with E-state index >= 15 is 0 Å². The number of rotatable bonds is 11. The Morgan fingerprint density at radius 1 is 0.922 bits per heavy atom. The first-order valence-electron chi connectivity index (χ1n) is 16.4. The van der Waals surface area contributed by atoms with Crippen molar-refractivity contribution in [2.75, 3.05) is 31.3 Å². The van der Waals surface area contributed by atoms with Crippen LogP contribution in [0.5, 0.6) is 0 Å². The average Bonchev–Trinajstić information content (AvgIpc) is 3.58. The van der Waals surface area contributed by atoms with Gasteiger partial charge < -0.3 is 24.5 Å². The van der Waals surface area contributed by atoms with E-state index in [2.05, 4.69) is 52.2 Å². The quantitative estimate of drug-likeness (QED) is 0.0778. The summed E-state index contributed by atoms with van der Waals surface area (Å²) in [5.41, 5.74) is 2.07. The van der Waals surface area contributed by atoms with Crippen LogP contribution in [-0.4, -0.2) is 71.2 Å². The molecule has 0 saturated carbocycles. The monoisotopic (exact) mass is 725 g/mol. The standard InChI is InChI=1S/C38H39N5O6S2/c1-37(2,3)49-34(45)31-24-50-23-30-25(20-43(30)31)21-48-36(46)40-33(44)32(42-47-4)29-22-51-35(39-29)41-38(26-14-8-5-9-15-26,27-16-10-6-11-17-27)28-18-12-7-13-19-28/h5-19,22,24-25,30H,20-21,23H2,1-4H3,(H,39,41)(H,40,44,46)/b42-32-. The van der Waals surface area contributed by atoms with Crippen LogP contribution in [0.3, 0.4) is 0 Å². The maximum absolute atomic E-state index is 13.3. The van der Waals surface area contributed by atoms with Crippen LogP contribution in [-0.2, 0) is 29.4 Å². The number of thiazole rings is 1. The molecule has 1 fully saturated rings. The molecule has 2 aliphatic heterocycles. The highest BCUT2D eigenvalue weighted by Gasteiger charge is 2.45. The van der Waals surface area contributed by atoms with E-state index in [4.69, 9.17) is 19.3 Å². The van der Waals surface area contributed by atoms with E-state index in [1.807, 2.05) is 85.7 Å². The van der Waals surface area contributed by atoms with Crippen molar-refractivity contribution in [3.05, 3.63) is 130 Å². The molecular weight excluding hydrogens is 687 g/mol. The number of esters is 1. The molecule has 6 rings (SSSR count). The van der Waals surface area contributed by atoms with Gasteiger partial charge in [-0.15, -0.1) is 23.1 Å². The van der Waals surface area contributed by atoms with Crippen molar-refractivity contribution < 1.29 is 28.7 Å². The molecule has 264 valence electrons. The van der Waals surface area contributed by atoms with E-state index in [1.54, 1.807) is 5.38 Å². The van der Waals surface area contributed by atoms with Crippen molar-refractivity contribution in [3.8, 4) is 0 Å². The SMILES string of the molecule is CO/N=C(\C(=O)NC(=O)OCC1CN2C(C(=O)OC(C)(C)C)=CSCC12)c1csc(NC(c2ccccc2)(c2ccccc2)c2ccccc2)n1. The minimum Gasteiger partial charge on any atom is -0.455 e. The number of anilines is 1. The summed E-state index contributed by atoms with van der Waals surface area (Å²) in [4.78, 5) is 50.5. The molecule has 1 aromatic heterocycles. The number of hydrogen-bond acceptors (Lipinski definition) is 12. The van der Waals surface area contributed by atoms with Gasteiger partial charge >= 0.3 is 12.1 Å². The zero-order valence-electron chi connectivity index (χ0n) is 28.7. The Labute approximate surface area is 305 Å². The zero-order chi connectivity index (χ0) is 36.0. The number of ether oxygens (including phenoxy) is 2. The molecule has 0 bridgehead atoms. The first kappa shape index (κ1) is 35.7. The van der Waals surface area contributed by atoms with Gasteiger partial charge in [0.25, 0.3) is 5.91 Å². The van der Waals surface area contributed by atoms with Gasteiger partial charge in [-0.2, -0.15) is 0 Å². The number of imide groups is 1. The zero-order valence-corrected chi connectivity index (χ0v) is 30.3. The highest BCUT2D eigenvalue weighted by Crippen LogP contribution is 2.41. The molecule has 3 heterocycles. The van der Waals surface area contributed by atoms with Gasteiger partial charge in [0.2, 0.25) is 0 Å². The van der Waals surface area contributed by atoms with E-state index < -0.39 is 23.1 Å². The molecule has 0 spiro atoms. The van der Waals surface area contributed by atoms with Crippen molar-refractivity contribution in [1.82, 2.24) is 15.2 Å². The van der Waals surface area contributed by atoms with E-state index in [9.17, 15) is 14.4 Å². The molecule has 0 aliphatic carbocycles. The molecule has 4 aromatic rings. The fraction of sp³-hybridized carbons (Fsp3) is 0.289. The lowest BCUT2D eigenvalue weighted by Gasteiger charge is -2.51. The van der Waals surface area contributed by atoms with Crippen LogP contribution in [0, 0.1) is 5.92 Å². The number of aromatic nitrogens is 1. The maximum atomic E-state index is 13.3. The molecule has 11 nitrogen and oxygen atoms in total. The topological polar surface area (TPSA) is 131 Å². The lowest BCUT2D eigenvalue weighted by atomic mass is 9.77. The van der Waals surface area contributed by atoms with Crippen molar-refractivity contribution >= 4 is 51.9 Å². The summed E-state index contributed by atoms with van der Waals surface area (Å²) in [5.74, 6) is -0.467. The molecule has 13 heteroatoms. The summed E-state index contributed by atoms with van der Waals surface area (Å²) >= 11 is 2.81. The Kier molecular flexibility index (Phi) is 10.8. The molecule has 2 unspecified atom stereocenters. The second kappa shape index (κ2) is 15.4. The van der Waals surface area contributed by atoms with Crippen molar-refractivity contribution in [3.63, 3.8) is 0 Å². The van der Waals surface area contributed by atoms with Crippen molar-refractivity contribution in [2.45, 2.75) is 38.0 Å². The molecule has 0 radical (unpaired) electrons. The Balaban J connectivity index is 1.14. The number of nitrogens with one attached hydrogen (secondary N) is 2. The Morgan fingerprint density at radius 3 is 2.06 bits per heavy atom. The number of thioether (sulfide) groups is 1. The van der Waals surface area contributed by atoms with Crippen LogP contribution >= 0.6 is 23.1 Å². The summed E-state index contributed by atoms with van der Waals surface area (Å²) in [6.45, 7) is 6.08. The summed E-state index contributed by atoms with van der Waals surface area (Å²) in [6, 6.07) is 30.2. The number of hydrogen-bond donors (Lipinski definition) is 2. The number of amides is 2.